The Balaban J connectivity index is 1.75. The summed E-state index contributed by atoms with van der Waals surface area (Å²) in [5.41, 5.74) is 2.52. The Morgan fingerprint density at radius 2 is 1.96 bits per heavy atom. The number of benzene rings is 1. The molecule has 7 nitrogen and oxygen atoms in total. The van der Waals surface area contributed by atoms with Crippen LogP contribution in [0.3, 0.4) is 0 Å². The molecular weight excluding hydrogens is 352 g/mol. The molecule has 1 atom stereocenters. The van der Waals surface area contributed by atoms with Gasteiger partial charge in [-0.1, -0.05) is 0 Å². The number of nitrogens with zero attached hydrogens (tertiary/aromatic N) is 3. The molecule has 0 spiro atoms. The number of carbonyl (C=O) groups is 1. The molecular formula is C18H24N4O3S. The number of hydrogen-bond acceptors (Lipinski definition) is 4. The van der Waals surface area contributed by atoms with E-state index in [1.165, 1.54) is 0 Å². The van der Waals surface area contributed by atoms with Gasteiger partial charge in [-0.3, -0.25) is 4.79 Å². The van der Waals surface area contributed by atoms with Gasteiger partial charge < -0.3 is 4.90 Å². The van der Waals surface area contributed by atoms with Crippen molar-refractivity contribution in [2.45, 2.75) is 32.2 Å². The van der Waals surface area contributed by atoms with Gasteiger partial charge in [-0.2, -0.15) is 5.10 Å². The van der Waals surface area contributed by atoms with Crippen LogP contribution in [0, 0.1) is 6.92 Å². The molecule has 1 amide bonds. The van der Waals surface area contributed by atoms with Gasteiger partial charge in [0.1, 0.15) is 0 Å². The molecule has 1 saturated heterocycles. The van der Waals surface area contributed by atoms with Crippen LogP contribution in [0.15, 0.2) is 36.5 Å². The van der Waals surface area contributed by atoms with Crippen LogP contribution in [0.2, 0.25) is 0 Å². The summed E-state index contributed by atoms with van der Waals surface area (Å²) in [6, 6.07) is 9.16. The second-order valence-corrected chi connectivity index (χ2v) is 8.53. The van der Waals surface area contributed by atoms with E-state index in [9.17, 15) is 13.2 Å². The lowest BCUT2D eigenvalue weighted by molar-refractivity contribution is 0.0619. The monoisotopic (exact) mass is 376 g/mol. The number of aryl methyl sites for hydroxylation is 1. The van der Waals surface area contributed by atoms with Crippen LogP contribution in [0.4, 0.5) is 0 Å². The molecule has 0 saturated carbocycles. The van der Waals surface area contributed by atoms with E-state index >= 15 is 0 Å². The van der Waals surface area contributed by atoms with E-state index in [-0.39, 0.29) is 18.5 Å². The molecule has 0 bridgehead atoms. The fourth-order valence-electron chi connectivity index (χ4n) is 3.28. The maximum Gasteiger partial charge on any atom is 0.254 e. The Morgan fingerprint density at radius 1 is 1.23 bits per heavy atom. The van der Waals surface area contributed by atoms with Crippen LogP contribution in [-0.2, 0) is 10.0 Å². The highest BCUT2D eigenvalue weighted by Gasteiger charge is 2.28. The third kappa shape index (κ3) is 4.31. The zero-order valence-corrected chi connectivity index (χ0v) is 15.9. The lowest BCUT2D eigenvalue weighted by atomic mass is 10.0. The first kappa shape index (κ1) is 18.6. The van der Waals surface area contributed by atoms with Crippen LogP contribution < -0.4 is 4.72 Å². The summed E-state index contributed by atoms with van der Waals surface area (Å²) in [6.45, 7) is 2.88. The van der Waals surface area contributed by atoms with Gasteiger partial charge in [-0.25, -0.2) is 17.8 Å². The summed E-state index contributed by atoms with van der Waals surface area (Å²) in [6.07, 6.45) is 5.61. The van der Waals surface area contributed by atoms with Crippen LogP contribution in [0.5, 0.6) is 0 Å². The molecule has 2 aromatic rings. The van der Waals surface area contributed by atoms with Crippen molar-refractivity contribution in [2.75, 3.05) is 19.3 Å². The highest BCUT2D eigenvalue weighted by molar-refractivity contribution is 7.88. The Hall–Kier alpha value is -2.19. The number of likely N-dealkylation sites (tertiary alicyclic amines) is 1. The minimum absolute atomic E-state index is 0.0614. The molecule has 0 radical (unpaired) electrons. The van der Waals surface area contributed by atoms with Gasteiger partial charge in [0.05, 0.1) is 11.9 Å². The lowest BCUT2D eigenvalue weighted by Crippen LogP contribution is -2.49. The molecule has 1 N–H and O–H groups in total. The normalized spacial score (nSPS) is 18.1. The van der Waals surface area contributed by atoms with Crippen LogP contribution in [0.25, 0.3) is 5.69 Å². The van der Waals surface area contributed by atoms with E-state index in [2.05, 4.69) is 9.82 Å². The first-order chi connectivity index (χ1) is 12.3. The van der Waals surface area contributed by atoms with E-state index in [4.69, 9.17) is 0 Å². The molecule has 26 heavy (non-hydrogen) atoms. The number of rotatable bonds is 5. The molecule has 1 aliphatic rings. The predicted octanol–water partition coefficient (Wildman–Crippen LogP) is 1.72. The maximum atomic E-state index is 12.9. The van der Waals surface area contributed by atoms with Crippen LogP contribution >= 0.6 is 0 Å². The number of sulfonamides is 1. The van der Waals surface area contributed by atoms with Gasteiger partial charge in [0.2, 0.25) is 10.0 Å². The smallest absolute Gasteiger partial charge is 0.254 e. The summed E-state index contributed by atoms with van der Waals surface area (Å²) >= 11 is 0. The summed E-state index contributed by atoms with van der Waals surface area (Å²) < 4.78 is 27.1. The summed E-state index contributed by atoms with van der Waals surface area (Å²) in [7, 11) is -3.27. The highest BCUT2D eigenvalue weighted by atomic mass is 32.2. The second-order valence-electron chi connectivity index (χ2n) is 6.70. The van der Waals surface area contributed by atoms with Gasteiger partial charge in [-0.05, 0) is 56.5 Å². The number of aromatic nitrogens is 2. The number of hydrogen-bond donors (Lipinski definition) is 1. The average molecular weight is 376 g/mol. The molecule has 1 aliphatic heterocycles. The Morgan fingerprint density at radius 3 is 2.58 bits per heavy atom. The molecule has 3 rings (SSSR count). The summed E-state index contributed by atoms with van der Waals surface area (Å²) in [5, 5.41) is 4.27. The molecule has 1 unspecified atom stereocenters. The maximum absolute atomic E-state index is 12.9. The van der Waals surface area contributed by atoms with Crippen LogP contribution in [0.1, 0.15) is 35.3 Å². The standard InChI is InChI=1S/C18H24N4O3S/c1-14-10-11-19-22(14)16-8-6-15(7-9-16)18(23)21-12-4-3-5-17(21)13-20-26(2,24)25/h6-11,17,20H,3-5,12-13H2,1-2H3. The SMILES string of the molecule is Cc1ccnn1-c1ccc(C(=O)N2CCCCC2CNS(C)(=O)=O)cc1. The predicted molar refractivity (Wildman–Crippen MR) is 99.8 cm³/mol. The van der Waals surface area contributed by atoms with Crippen LogP contribution in [-0.4, -0.2) is 54.4 Å². The van der Waals surface area contributed by atoms with E-state index in [1.807, 2.05) is 29.8 Å². The number of piperidine rings is 1. The zero-order valence-electron chi connectivity index (χ0n) is 15.1. The molecule has 0 aliphatic carbocycles. The number of amides is 1. The minimum Gasteiger partial charge on any atom is -0.334 e. The van der Waals surface area contributed by atoms with Gasteiger partial charge in [0.25, 0.3) is 5.91 Å². The first-order valence-electron chi connectivity index (χ1n) is 8.72. The van der Waals surface area contributed by atoms with E-state index in [0.29, 0.717) is 12.1 Å². The molecule has 2 heterocycles. The third-order valence-corrected chi connectivity index (χ3v) is 5.35. The van der Waals surface area contributed by atoms with Gasteiger partial charge in [0, 0.05) is 36.6 Å². The Kier molecular flexibility index (Phi) is 5.43. The zero-order chi connectivity index (χ0) is 18.7. The molecule has 140 valence electrons. The summed E-state index contributed by atoms with van der Waals surface area (Å²) in [4.78, 5) is 14.7. The van der Waals surface area contributed by atoms with Crippen molar-refractivity contribution in [3.05, 3.63) is 47.8 Å². The number of carbonyl (C=O) groups excluding carboxylic acids is 1. The molecule has 8 heteroatoms. The van der Waals surface area contributed by atoms with Crippen molar-refractivity contribution < 1.29 is 13.2 Å². The van der Waals surface area contributed by atoms with Crippen molar-refractivity contribution in [2.24, 2.45) is 0 Å². The second kappa shape index (κ2) is 7.59. The quantitative estimate of drug-likeness (QED) is 0.861. The average Bonchev–Trinajstić information content (AvgIpc) is 3.05. The van der Waals surface area contributed by atoms with Crippen molar-refractivity contribution >= 4 is 15.9 Å². The Bertz CT molecular complexity index is 874. The summed E-state index contributed by atoms with van der Waals surface area (Å²) in [5.74, 6) is -0.0614. The fraction of sp³-hybridized carbons (Fsp3) is 0.444. The Labute approximate surface area is 154 Å². The highest BCUT2D eigenvalue weighted by Crippen LogP contribution is 2.20. The van der Waals surface area contributed by atoms with Crippen molar-refractivity contribution in [3.8, 4) is 5.69 Å². The minimum atomic E-state index is -3.27. The van der Waals surface area contributed by atoms with E-state index in [1.54, 1.807) is 23.2 Å². The van der Waals surface area contributed by atoms with Gasteiger partial charge in [-0.15, -0.1) is 0 Å². The van der Waals surface area contributed by atoms with Gasteiger partial charge >= 0.3 is 0 Å². The largest absolute Gasteiger partial charge is 0.334 e. The molecule has 1 aromatic carbocycles. The van der Waals surface area contributed by atoms with E-state index in [0.717, 1.165) is 36.9 Å². The molecule has 1 aromatic heterocycles. The third-order valence-electron chi connectivity index (χ3n) is 4.66. The lowest BCUT2D eigenvalue weighted by Gasteiger charge is -2.35. The van der Waals surface area contributed by atoms with E-state index < -0.39 is 10.0 Å². The van der Waals surface area contributed by atoms with Crippen molar-refractivity contribution in [3.63, 3.8) is 0 Å². The fourth-order valence-corrected chi connectivity index (χ4v) is 3.77. The first-order valence-corrected chi connectivity index (χ1v) is 10.6. The number of nitrogens with one attached hydrogen (secondary N) is 1. The topological polar surface area (TPSA) is 84.3 Å². The molecule has 1 fully saturated rings. The van der Waals surface area contributed by atoms with Crippen molar-refractivity contribution in [1.82, 2.24) is 19.4 Å². The van der Waals surface area contributed by atoms with Crippen molar-refractivity contribution in [1.29, 1.82) is 0 Å². The van der Waals surface area contributed by atoms with Gasteiger partial charge in [0.15, 0.2) is 0 Å².